The van der Waals surface area contributed by atoms with Gasteiger partial charge < -0.3 is 26.2 Å². The molecular weight excluding hydrogens is 426 g/mol. The van der Waals surface area contributed by atoms with Gasteiger partial charge in [0.2, 0.25) is 5.91 Å². The number of aromatic nitrogens is 2. The predicted molar refractivity (Wildman–Crippen MR) is 103 cm³/mol. The lowest BCUT2D eigenvalue weighted by molar-refractivity contribution is -0.191. The number of hydrogen-bond acceptors (Lipinski definition) is 12. The van der Waals surface area contributed by atoms with Gasteiger partial charge in [0.15, 0.2) is 16.5 Å². The molecule has 1 amide bonds. The maximum atomic E-state index is 11.2. The van der Waals surface area contributed by atoms with E-state index in [2.05, 4.69) is 20.6 Å². The SMILES string of the molecule is COc1cnc(NCC(=O)O)s1.NCCNC(=O)Cc1ncc(C=O)s1.O=C=O. The fourth-order valence-corrected chi connectivity index (χ4v) is 2.82. The first-order valence-corrected chi connectivity index (χ1v) is 9.34. The number of carbonyl (C=O) groups is 3. The summed E-state index contributed by atoms with van der Waals surface area (Å²) in [6, 6.07) is 0. The van der Waals surface area contributed by atoms with Crippen LogP contribution in [-0.2, 0) is 25.6 Å². The molecule has 158 valence electrons. The van der Waals surface area contributed by atoms with Crippen molar-refractivity contribution in [2.75, 3.05) is 32.1 Å². The van der Waals surface area contributed by atoms with Gasteiger partial charge >= 0.3 is 12.1 Å². The number of carbonyl (C=O) groups excluding carboxylic acids is 4. The van der Waals surface area contributed by atoms with E-state index in [-0.39, 0.29) is 25.0 Å². The molecule has 0 atom stereocenters. The minimum atomic E-state index is -0.913. The summed E-state index contributed by atoms with van der Waals surface area (Å²) in [7, 11) is 1.54. The van der Waals surface area contributed by atoms with Crippen LogP contribution in [0.25, 0.3) is 0 Å². The van der Waals surface area contributed by atoms with E-state index in [0.717, 1.165) is 6.29 Å². The lowest BCUT2D eigenvalue weighted by Gasteiger charge is -1.99. The molecule has 0 saturated heterocycles. The number of hydrogen-bond donors (Lipinski definition) is 4. The highest BCUT2D eigenvalue weighted by molar-refractivity contribution is 7.17. The van der Waals surface area contributed by atoms with E-state index in [1.54, 1.807) is 0 Å². The van der Waals surface area contributed by atoms with E-state index in [0.29, 0.717) is 33.2 Å². The number of nitrogens with one attached hydrogen (secondary N) is 2. The van der Waals surface area contributed by atoms with Crippen LogP contribution in [0.4, 0.5) is 5.13 Å². The number of thiazole rings is 2. The molecule has 0 aromatic carbocycles. The Kier molecular flexibility index (Phi) is 14.1. The van der Waals surface area contributed by atoms with Crippen molar-refractivity contribution in [3.05, 3.63) is 22.3 Å². The zero-order chi connectivity index (χ0) is 22.1. The Morgan fingerprint density at radius 2 is 2.00 bits per heavy atom. The summed E-state index contributed by atoms with van der Waals surface area (Å²) < 4.78 is 4.87. The minimum absolute atomic E-state index is 0.123. The second-order valence-electron chi connectivity index (χ2n) is 4.61. The van der Waals surface area contributed by atoms with Gasteiger partial charge in [0, 0.05) is 19.3 Å². The summed E-state index contributed by atoms with van der Waals surface area (Å²) in [5.41, 5.74) is 5.22. The van der Waals surface area contributed by atoms with E-state index in [4.69, 9.17) is 25.2 Å². The molecule has 5 N–H and O–H groups in total. The summed E-state index contributed by atoms with van der Waals surface area (Å²) in [6.45, 7) is 0.755. The van der Waals surface area contributed by atoms with Crippen LogP contribution in [0.15, 0.2) is 12.4 Å². The van der Waals surface area contributed by atoms with Crippen LogP contribution in [0.5, 0.6) is 5.06 Å². The highest BCUT2D eigenvalue weighted by atomic mass is 32.1. The summed E-state index contributed by atoms with van der Waals surface area (Å²) in [5.74, 6) is -1.04. The first kappa shape index (κ1) is 25.8. The van der Waals surface area contributed by atoms with Crippen molar-refractivity contribution >= 4 is 52.1 Å². The van der Waals surface area contributed by atoms with Crippen LogP contribution in [0, 0.1) is 0 Å². The van der Waals surface area contributed by atoms with Gasteiger partial charge in [0.1, 0.15) is 11.6 Å². The average molecular weight is 445 g/mol. The number of aldehydes is 1. The second-order valence-corrected chi connectivity index (χ2v) is 6.75. The molecule has 2 aromatic rings. The zero-order valence-corrected chi connectivity index (χ0v) is 16.9. The minimum Gasteiger partial charge on any atom is -0.486 e. The van der Waals surface area contributed by atoms with Gasteiger partial charge in [0.05, 0.1) is 24.6 Å². The standard InChI is InChI=1S/C8H11N3O2S.C6H8N2O3S.CO2/c9-1-2-10-7(13)3-8-11-4-6(5-12)14-8;1-11-5-3-8-6(12-5)7-2-4(9)10;2-1-3/h4-5H,1-3,9H2,(H,10,13);3H,2H2,1H3,(H,7,8)(H,9,10);. The summed E-state index contributed by atoms with van der Waals surface area (Å²) >= 11 is 2.49. The van der Waals surface area contributed by atoms with E-state index in [1.165, 1.54) is 42.2 Å². The summed E-state index contributed by atoms with van der Waals surface area (Å²) in [4.78, 5) is 56.2. The van der Waals surface area contributed by atoms with Gasteiger partial charge in [-0.2, -0.15) is 9.59 Å². The Morgan fingerprint density at radius 3 is 2.48 bits per heavy atom. The maximum absolute atomic E-state index is 11.2. The monoisotopic (exact) mass is 445 g/mol. The van der Waals surface area contributed by atoms with Crippen LogP contribution in [0.2, 0.25) is 0 Å². The van der Waals surface area contributed by atoms with E-state index >= 15 is 0 Å². The normalized spacial score (nSPS) is 8.90. The lowest BCUT2D eigenvalue weighted by atomic mass is 10.4. The van der Waals surface area contributed by atoms with Crippen molar-refractivity contribution in [3.8, 4) is 5.06 Å². The van der Waals surface area contributed by atoms with Gasteiger partial charge in [-0.15, -0.1) is 11.3 Å². The van der Waals surface area contributed by atoms with Crippen LogP contribution in [0.1, 0.15) is 14.7 Å². The van der Waals surface area contributed by atoms with E-state index < -0.39 is 5.97 Å². The Hall–Kier alpha value is -3.19. The van der Waals surface area contributed by atoms with Crippen LogP contribution >= 0.6 is 22.7 Å². The molecule has 0 fully saturated rings. The van der Waals surface area contributed by atoms with Gasteiger partial charge in [-0.05, 0) is 0 Å². The van der Waals surface area contributed by atoms with Crippen LogP contribution in [-0.4, -0.2) is 66.1 Å². The molecule has 12 nitrogen and oxygen atoms in total. The molecule has 2 aromatic heterocycles. The number of carboxylic acids is 1. The smallest absolute Gasteiger partial charge is 0.373 e. The highest BCUT2D eigenvalue weighted by Gasteiger charge is 2.06. The number of anilines is 1. The Bertz CT molecular complexity index is 803. The fourth-order valence-electron chi connectivity index (χ4n) is 1.46. The maximum Gasteiger partial charge on any atom is 0.373 e. The van der Waals surface area contributed by atoms with E-state index in [1.807, 2.05) is 0 Å². The summed E-state index contributed by atoms with van der Waals surface area (Å²) in [6.07, 6.45) is 4.18. The molecule has 29 heavy (non-hydrogen) atoms. The second kappa shape index (κ2) is 15.8. The van der Waals surface area contributed by atoms with Crippen molar-refractivity contribution in [1.82, 2.24) is 15.3 Å². The molecule has 0 spiro atoms. The predicted octanol–water partition coefficient (Wildman–Crippen LogP) is -0.362. The molecule has 0 aliphatic rings. The Morgan fingerprint density at radius 1 is 1.31 bits per heavy atom. The van der Waals surface area contributed by atoms with Crippen molar-refractivity contribution in [2.24, 2.45) is 5.73 Å². The summed E-state index contributed by atoms with van der Waals surface area (Å²) in [5, 5.41) is 15.4. The number of nitrogens with two attached hydrogens (primary N) is 1. The van der Waals surface area contributed by atoms with Crippen molar-refractivity contribution in [3.63, 3.8) is 0 Å². The topological polar surface area (TPSA) is 191 Å². The number of methoxy groups -OCH3 is 1. The molecule has 2 heterocycles. The van der Waals surface area contributed by atoms with E-state index in [9.17, 15) is 14.4 Å². The van der Waals surface area contributed by atoms with Crippen molar-refractivity contribution in [2.45, 2.75) is 6.42 Å². The Balaban J connectivity index is 0.000000481. The molecule has 0 aliphatic carbocycles. The first-order valence-electron chi connectivity index (χ1n) is 7.71. The fraction of sp³-hybridized carbons (Fsp3) is 0.333. The van der Waals surface area contributed by atoms with Gasteiger partial charge in [-0.25, -0.2) is 9.97 Å². The van der Waals surface area contributed by atoms with Gasteiger partial charge in [-0.3, -0.25) is 14.4 Å². The first-order chi connectivity index (χ1) is 13.9. The van der Waals surface area contributed by atoms with Gasteiger partial charge in [-0.1, -0.05) is 11.3 Å². The number of ether oxygens (including phenoxy) is 1. The number of aliphatic carboxylic acids is 1. The third-order valence-electron chi connectivity index (χ3n) is 2.54. The Labute approximate surface area is 173 Å². The molecule has 0 radical (unpaired) electrons. The van der Waals surface area contributed by atoms with Crippen molar-refractivity contribution < 1.29 is 33.8 Å². The molecule has 0 unspecified atom stereocenters. The van der Waals surface area contributed by atoms with Crippen LogP contribution < -0.4 is 21.1 Å². The zero-order valence-electron chi connectivity index (χ0n) is 15.2. The third-order valence-corrected chi connectivity index (χ3v) is 4.38. The number of amides is 1. The number of rotatable bonds is 9. The number of nitrogens with zero attached hydrogens (tertiary/aromatic N) is 2. The highest BCUT2D eigenvalue weighted by Crippen LogP contribution is 2.24. The lowest BCUT2D eigenvalue weighted by Crippen LogP contribution is -2.30. The molecular formula is C15H19N5O7S2. The van der Waals surface area contributed by atoms with Crippen molar-refractivity contribution in [1.29, 1.82) is 0 Å². The average Bonchev–Trinajstić information content (AvgIpc) is 3.35. The third kappa shape index (κ3) is 12.8. The largest absolute Gasteiger partial charge is 0.486 e. The van der Waals surface area contributed by atoms with Crippen LogP contribution in [0.3, 0.4) is 0 Å². The van der Waals surface area contributed by atoms with Gasteiger partial charge in [0.25, 0.3) is 0 Å². The molecule has 2 rings (SSSR count). The number of carboxylic acid groups (broad SMARTS) is 1. The quantitative estimate of drug-likeness (QED) is 0.368. The molecule has 0 aliphatic heterocycles. The molecule has 0 bridgehead atoms. The molecule has 14 heteroatoms. The molecule has 0 saturated carbocycles.